The second-order valence-electron chi connectivity index (χ2n) is 3.54. The van der Waals surface area contributed by atoms with Crippen molar-refractivity contribution in [2.75, 3.05) is 31.6 Å². The molecule has 1 aromatic rings. The summed E-state index contributed by atoms with van der Waals surface area (Å²) in [6, 6.07) is 3.85. The Bertz CT molecular complexity index is 387. The van der Waals surface area contributed by atoms with Crippen LogP contribution in [0.25, 0.3) is 0 Å². The first kappa shape index (κ1) is 18.2. The molecule has 1 rings (SSSR count). The Kier molecular flexibility index (Phi) is 11.7. The fourth-order valence-electron chi connectivity index (χ4n) is 1.32. The number of halogens is 1. The number of furan rings is 1. The monoisotopic (exact) mass is 393 g/mol. The van der Waals surface area contributed by atoms with Crippen LogP contribution in [0.15, 0.2) is 27.8 Å². The normalized spacial score (nSPS) is 10.4. The van der Waals surface area contributed by atoms with Crippen molar-refractivity contribution in [1.29, 1.82) is 0 Å². The van der Waals surface area contributed by atoms with Crippen molar-refractivity contribution < 1.29 is 4.42 Å². The fourth-order valence-corrected chi connectivity index (χ4v) is 1.59. The molecule has 0 fully saturated rings. The Morgan fingerprint density at radius 2 is 2.37 bits per heavy atom. The van der Waals surface area contributed by atoms with Gasteiger partial charge in [0.05, 0.1) is 19.4 Å². The maximum atomic E-state index is 5.26. The van der Waals surface area contributed by atoms with Crippen LogP contribution in [0, 0.1) is 12.3 Å². The van der Waals surface area contributed by atoms with Gasteiger partial charge in [-0.25, -0.2) is 0 Å². The van der Waals surface area contributed by atoms with E-state index in [9.17, 15) is 0 Å². The summed E-state index contributed by atoms with van der Waals surface area (Å²) >= 11 is 1.77. The summed E-state index contributed by atoms with van der Waals surface area (Å²) in [6.07, 6.45) is 9.79. The van der Waals surface area contributed by atoms with E-state index >= 15 is 0 Å². The second-order valence-corrected chi connectivity index (χ2v) is 4.52. The van der Waals surface area contributed by atoms with Gasteiger partial charge >= 0.3 is 0 Å². The molecule has 106 valence electrons. The molecule has 0 saturated carbocycles. The topological polar surface area (TPSA) is 49.6 Å². The number of thioether (sulfide) groups is 1. The molecule has 4 nitrogen and oxygen atoms in total. The van der Waals surface area contributed by atoms with E-state index in [1.807, 2.05) is 12.1 Å². The number of hydrogen-bond acceptors (Lipinski definition) is 3. The van der Waals surface area contributed by atoms with Gasteiger partial charge in [0.25, 0.3) is 0 Å². The molecule has 0 bridgehead atoms. The smallest absolute Gasteiger partial charge is 0.192 e. The molecule has 0 aliphatic carbocycles. The number of aliphatic imine (C=N–C) groups is 1. The highest BCUT2D eigenvalue weighted by atomic mass is 127. The van der Waals surface area contributed by atoms with Crippen LogP contribution in [0.2, 0.25) is 0 Å². The molecule has 0 aliphatic heterocycles. The van der Waals surface area contributed by atoms with E-state index in [4.69, 9.17) is 10.8 Å². The Labute approximate surface area is 136 Å². The summed E-state index contributed by atoms with van der Waals surface area (Å²) in [5.41, 5.74) is 0. The lowest BCUT2D eigenvalue weighted by molar-refractivity contribution is 0.507. The van der Waals surface area contributed by atoms with Gasteiger partial charge in [0, 0.05) is 18.7 Å². The molecule has 0 amide bonds. The predicted octanol–water partition coefficient (Wildman–Crippen LogP) is 1.97. The van der Waals surface area contributed by atoms with Crippen LogP contribution in [0.3, 0.4) is 0 Å². The van der Waals surface area contributed by atoms with Crippen molar-refractivity contribution in [1.82, 2.24) is 10.6 Å². The van der Waals surface area contributed by atoms with Gasteiger partial charge in [-0.15, -0.1) is 30.4 Å². The largest absolute Gasteiger partial charge is 0.469 e. The van der Waals surface area contributed by atoms with Gasteiger partial charge in [-0.1, -0.05) is 5.92 Å². The summed E-state index contributed by atoms with van der Waals surface area (Å²) in [5.74, 6) is 5.26. The molecule has 6 heteroatoms. The average Bonchev–Trinajstić information content (AvgIpc) is 2.88. The number of terminal acetylenes is 1. The molecule has 0 spiro atoms. The van der Waals surface area contributed by atoms with E-state index in [1.165, 1.54) is 0 Å². The fraction of sp³-hybridized carbons (Fsp3) is 0.462. The van der Waals surface area contributed by atoms with Gasteiger partial charge < -0.3 is 15.1 Å². The minimum absolute atomic E-state index is 0. The van der Waals surface area contributed by atoms with Gasteiger partial charge in [0.1, 0.15) is 5.76 Å². The van der Waals surface area contributed by atoms with Crippen molar-refractivity contribution >= 4 is 41.7 Å². The molecule has 1 aromatic heterocycles. The highest BCUT2D eigenvalue weighted by Crippen LogP contribution is 1.99. The van der Waals surface area contributed by atoms with E-state index in [1.54, 1.807) is 18.0 Å². The van der Waals surface area contributed by atoms with E-state index in [2.05, 4.69) is 27.8 Å². The molecule has 0 atom stereocenters. The maximum Gasteiger partial charge on any atom is 0.192 e. The van der Waals surface area contributed by atoms with Gasteiger partial charge in [-0.3, -0.25) is 4.99 Å². The summed E-state index contributed by atoms with van der Waals surface area (Å²) in [6.45, 7) is 2.02. The van der Waals surface area contributed by atoms with Crippen LogP contribution in [0.1, 0.15) is 5.76 Å². The lowest BCUT2D eigenvalue weighted by Crippen LogP contribution is -2.38. The number of nitrogens with one attached hydrogen (secondary N) is 2. The van der Waals surface area contributed by atoms with Crippen molar-refractivity contribution in [2.24, 2.45) is 4.99 Å². The zero-order chi connectivity index (χ0) is 13.1. The summed E-state index contributed by atoms with van der Waals surface area (Å²) < 4.78 is 5.26. The molecule has 1 heterocycles. The van der Waals surface area contributed by atoms with Crippen LogP contribution in [-0.4, -0.2) is 37.6 Å². The molecule has 2 N–H and O–H groups in total. The quantitative estimate of drug-likeness (QED) is 0.245. The van der Waals surface area contributed by atoms with Crippen LogP contribution in [-0.2, 0) is 6.42 Å². The second kappa shape index (κ2) is 12.2. The molecule has 0 unspecified atom stereocenters. The Morgan fingerprint density at radius 1 is 1.53 bits per heavy atom. The molecular formula is C13H20IN3OS. The summed E-state index contributed by atoms with van der Waals surface area (Å²) in [5, 5.41) is 6.30. The van der Waals surface area contributed by atoms with Gasteiger partial charge in [-0.2, -0.15) is 11.8 Å². The first-order valence-electron chi connectivity index (χ1n) is 5.83. The lowest BCUT2D eigenvalue weighted by atomic mass is 10.3. The highest BCUT2D eigenvalue weighted by Gasteiger charge is 1.99. The first-order valence-corrected chi connectivity index (χ1v) is 7.23. The predicted molar refractivity (Wildman–Crippen MR) is 93.3 cm³/mol. The highest BCUT2D eigenvalue weighted by molar-refractivity contribution is 14.0. The third-order valence-electron chi connectivity index (χ3n) is 2.17. The SMILES string of the molecule is C#CCNC(=NCCSC)NCCc1ccco1.I. The first-order chi connectivity index (χ1) is 8.86. The van der Waals surface area contributed by atoms with Crippen LogP contribution in [0.4, 0.5) is 0 Å². The van der Waals surface area contributed by atoms with E-state index in [0.717, 1.165) is 37.0 Å². The van der Waals surface area contributed by atoms with Gasteiger partial charge in [-0.05, 0) is 18.4 Å². The van der Waals surface area contributed by atoms with E-state index in [-0.39, 0.29) is 24.0 Å². The zero-order valence-corrected chi connectivity index (χ0v) is 14.2. The molecule has 0 aromatic carbocycles. The third kappa shape index (κ3) is 8.83. The Hall–Kier alpha value is -0.810. The van der Waals surface area contributed by atoms with Crippen molar-refractivity contribution in [3.63, 3.8) is 0 Å². The summed E-state index contributed by atoms with van der Waals surface area (Å²) in [7, 11) is 0. The molecule has 19 heavy (non-hydrogen) atoms. The van der Waals surface area contributed by atoms with Crippen LogP contribution in [0.5, 0.6) is 0 Å². The molecular weight excluding hydrogens is 373 g/mol. The maximum absolute atomic E-state index is 5.26. The summed E-state index contributed by atoms with van der Waals surface area (Å²) in [4.78, 5) is 4.42. The molecule has 0 aliphatic rings. The average molecular weight is 393 g/mol. The number of nitrogens with zero attached hydrogens (tertiary/aromatic N) is 1. The standard InChI is InChI=1S/C13H19N3OS.HI/c1-3-7-14-13(16-9-11-18-2)15-8-6-12-5-4-10-17-12;/h1,4-5,10H,6-9,11H2,2H3,(H2,14,15,16);1H. The third-order valence-corrected chi connectivity index (χ3v) is 2.76. The van der Waals surface area contributed by atoms with Crippen LogP contribution < -0.4 is 10.6 Å². The van der Waals surface area contributed by atoms with E-state index in [0.29, 0.717) is 6.54 Å². The lowest BCUT2D eigenvalue weighted by Gasteiger charge is -2.10. The van der Waals surface area contributed by atoms with Gasteiger partial charge in [0.15, 0.2) is 5.96 Å². The minimum Gasteiger partial charge on any atom is -0.469 e. The van der Waals surface area contributed by atoms with E-state index < -0.39 is 0 Å². The molecule has 0 radical (unpaired) electrons. The Morgan fingerprint density at radius 3 is 3.00 bits per heavy atom. The van der Waals surface area contributed by atoms with Crippen molar-refractivity contribution in [3.8, 4) is 12.3 Å². The number of guanidine groups is 1. The number of hydrogen-bond donors (Lipinski definition) is 2. The van der Waals surface area contributed by atoms with Gasteiger partial charge in [0.2, 0.25) is 0 Å². The molecule has 0 saturated heterocycles. The van der Waals surface area contributed by atoms with Crippen molar-refractivity contribution in [2.45, 2.75) is 6.42 Å². The minimum atomic E-state index is 0. The zero-order valence-electron chi connectivity index (χ0n) is 11.0. The van der Waals surface area contributed by atoms with Crippen molar-refractivity contribution in [3.05, 3.63) is 24.2 Å². The van der Waals surface area contributed by atoms with Crippen LogP contribution >= 0.6 is 35.7 Å². The number of rotatable bonds is 7. The Balaban J connectivity index is 0.00000324.